The van der Waals surface area contributed by atoms with Crippen molar-refractivity contribution in [1.29, 1.82) is 0 Å². The van der Waals surface area contributed by atoms with Crippen LogP contribution in [0.15, 0.2) is 18.2 Å². The Hall–Kier alpha value is -1.51. The summed E-state index contributed by atoms with van der Waals surface area (Å²) >= 11 is 0. The van der Waals surface area contributed by atoms with E-state index >= 15 is 0 Å². The van der Waals surface area contributed by atoms with Crippen molar-refractivity contribution in [3.8, 4) is 5.75 Å². The van der Waals surface area contributed by atoms with Gasteiger partial charge in [0.25, 0.3) is 0 Å². The lowest BCUT2D eigenvalue weighted by molar-refractivity contribution is -0.117. The zero-order valence-corrected chi connectivity index (χ0v) is 7.37. The molecule has 0 spiro atoms. The Bertz CT molecular complexity index is 360. The molecule has 0 bridgehead atoms. The fourth-order valence-corrected chi connectivity index (χ4v) is 1.72. The number of carbonyl (C=O) groups is 1. The van der Waals surface area contributed by atoms with Crippen LogP contribution in [0.1, 0.15) is 24.8 Å². The van der Waals surface area contributed by atoms with E-state index in [0.29, 0.717) is 0 Å². The minimum absolute atomic E-state index is 0.0306. The third-order valence-electron chi connectivity index (χ3n) is 2.39. The second-order valence-corrected chi connectivity index (χ2v) is 3.22. The summed E-state index contributed by atoms with van der Waals surface area (Å²) in [6.45, 7) is 1.96. The molecule has 1 aliphatic heterocycles. The minimum Gasteiger partial charge on any atom is -0.508 e. The molecule has 1 aromatic carbocycles. The highest BCUT2D eigenvalue weighted by atomic mass is 16.3. The number of benzene rings is 1. The SMILES string of the molecule is CC[C@H]1C(=O)Nc2ccc(O)cc21. The van der Waals surface area contributed by atoms with Gasteiger partial charge >= 0.3 is 0 Å². The summed E-state index contributed by atoms with van der Waals surface area (Å²) in [6, 6.07) is 4.97. The first-order chi connectivity index (χ1) is 6.22. The number of amides is 1. The van der Waals surface area contributed by atoms with Crippen LogP contribution in [0.25, 0.3) is 0 Å². The summed E-state index contributed by atoms with van der Waals surface area (Å²) in [5, 5.41) is 12.0. The van der Waals surface area contributed by atoms with Gasteiger partial charge in [-0.15, -0.1) is 0 Å². The number of rotatable bonds is 1. The fourth-order valence-electron chi connectivity index (χ4n) is 1.72. The van der Waals surface area contributed by atoms with Crippen LogP contribution < -0.4 is 5.32 Å². The molecule has 1 amide bonds. The Morgan fingerprint density at radius 3 is 3.00 bits per heavy atom. The van der Waals surface area contributed by atoms with Crippen LogP contribution in [-0.4, -0.2) is 11.0 Å². The molecule has 13 heavy (non-hydrogen) atoms. The molecule has 0 fully saturated rings. The topological polar surface area (TPSA) is 49.3 Å². The van der Waals surface area contributed by atoms with E-state index in [1.54, 1.807) is 18.2 Å². The number of fused-ring (bicyclic) bond motifs is 1. The lowest BCUT2D eigenvalue weighted by Gasteiger charge is -2.03. The highest BCUT2D eigenvalue weighted by Gasteiger charge is 2.28. The highest BCUT2D eigenvalue weighted by molar-refractivity contribution is 6.02. The molecular formula is C10H11NO2. The summed E-state index contributed by atoms with van der Waals surface area (Å²) in [4.78, 5) is 11.4. The first-order valence-electron chi connectivity index (χ1n) is 4.36. The van der Waals surface area contributed by atoms with Gasteiger partial charge in [-0.25, -0.2) is 0 Å². The van der Waals surface area contributed by atoms with Gasteiger partial charge in [0.05, 0.1) is 5.92 Å². The Balaban J connectivity index is 2.50. The van der Waals surface area contributed by atoms with Gasteiger partial charge in [-0.1, -0.05) is 6.92 Å². The maximum absolute atomic E-state index is 11.4. The largest absolute Gasteiger partial charge is 0.508 e. The molecule has 3 nitrogen and oxygen atoms in total. The normalized spacial score (nSPS) is 19.8. The lowest BCUT2D eigenvalue weighted by Crippen LogP contribution is -2.10. The summed E-state index contributed by atoms with van der Waals surface area (Å²) in [6.07, 6.45) is 0.766. The van der Waals surface area contributed by atoms with E-state index in [-0.39, 0.29) is 17.6 Å². The molecule has 1 aliphatic rings. The third-order valence-corrected chi connectivity index (χ3v) is 2.39. The van der Waals surface area contributed by atoms with Crippen molar-refractivity contribution in [2.45, 2.75) is 19.3 Å². The molecule has 0 aliphatic carbocycles. The summed E-state index contributed by atoms with van der Waals surface area (Å²) in [5.74, 6) is 0.152. The van der Waals surface area contributed by atoms with E-state index in [1.807, 2.05) is 6.92 Å². The second kappa shape index (κ2) is 2.76. The lowest BCUT2D eigenvalue weighted by atomic mass is 9.98. The Morgan fingerprint density at radius 1 is 1.54 bits per heavy atom. The van der Waals surface area contributed by atoms with Gasteiger partial charge < -0.3 is 10.4 Å². The number of phenolic OH excluding ortho intramolecular Hbond substituents is 1. The van der Waals surface area contributed by atoms with Gasteiger partial charge in [-0.3, -0.25) is 4.79 Å². The van der Waals surface area contributed by atoms with Crippen LogP contribution in [-0.2, 0) is 4.79 Å². The van der Waals surface area contributed by atoms with Crippen molar-refractivity contribution < 1.29 is 9.90 Å². The van der Waals surface area contributed by atoms with Crippen LogP contribution in [0.5, 0.6) is 5.75 Å². The first-order valence-corrected chi connectivity index (χ1v) is 4.36. The third kappa shape index (κ3) is 1.16. The maximum atomic E-state index is 11.4. The number of hydrogen-bond donors (Lipinski definition) is 2. The van der Waals surface area contributed by atoms with Crippen molar-refractivity contribution in [3.63, 3.8) is 0 Å². The van der Waals surface area contributed by atoms with Crippen LogP contribution >= 0.6 is 0 Å². The molecule has 0 aromatic heterocycles. The average molecular weight is 177 g/mol. The predicted molar refractivity (Wildman–Crippen MR) is 49.8 cm³/mol. The van der Waals surface area contributed by atoms with Crippen LogP contribution in [0.4, 0.5) is 5.69 Å². The fraction of sp³-hybridized carbons (Fsp3) is 0.300. The van der Waals surface area contributed by atoms with Crippen LogP contribution in [0.3, 0.4) is 0 Å². The monoisotopic (exact) mass is 177 g/mol. The molecule has 0 saturated heterocycles. The molecule has 1 aromatic rings. The van der Waals surface area contributed by atoms with Crippen molar-refractivity contribution in [1.82, 2.24) is 0 Å². The molecular weight excluding hydrogens is 166 g/mol. The number of hydrogen-bond acceptors (Lipinski definition) is 2. The molecule has 0 unspecified atom stereocenters. The molecule has 68 valence electrons. The Morgan fingerprint density at radius 2 is 2.31 bits per heavy atom. The molecule has 2 N–H and O–H groups in total. The molecule has 0 radical (unpaired) electrons. The summed E-state index contributed by atoms with van der Waals surface area (Å²) in [7, 11) is 0. The van der Waals surface area contributed by atoms with E-state index in [0.717, 1.165) is 17.7 Å². The van der Waals surface area contributed by atoms with Crippen molar-refractivity contribution in [2.24, 2.45) is 0 Å². The van der Waals surface area contributed by atoms with E-state index in [2.05, 4.69) is 5.32 Å². The zero-order valence-electron chi connectivity index (χ0n) is 7.37. The quantitative estimate of drug-likeness (QED) is 0.643. The average Bonchev–Trinajstić information content (AvgIpc) is 2.40. The van der Waals surface area contributed by atoms with Gasteiger partial charge in [0.1, 0.15) is 5.75 Å². The van der Waals surface area contributed by atoms with Crippen molar-refractivity contribution >= 4 is 11.6 Å². The van der Waals surface area contributed by atoms with Gasteiger partial charge in [0.2, 0.25) is 5.91 Å². The second-order valence-electron chi connectivity index (χ2n) is 3.22. The van der Waals surface area contributed by atoms with E-state index in [1.165, 1.54) is 0 Å². The standard InChI is InChI=1S/C10H11NO2/c1-2-7-8-5-6(12)3-4-9(8)11-10(7)13/h3-5,7,12H,2H2,1H3,(H,11,13)/t7-/m1/s1. The van der Waals surface area contributed by atoms with Gasteiger partial charge in [0, 0.05) is 5.69 Å². The number of phenols is 1. The highest BCUT2D eigenvalue weighted by Crippen LogP contribution is 2.36. The minimum atomic E-state index is -0.0953. The molecule has 1 heterocycles. The Labute approximate surface area is 76.4 Å². The Kier molecular flexibility index (Phi) is 1.72. The number of aromatic hydroxyl groups is 1. The predicted octanol–water partition coefficient (Wildman–Crippen LogP) is 1.84. The summed E-state index contributed by atoms with van der Waals surface area (Å²) < 4.78 is 0. The van der Waals surface area contributed by atoms with Crippen LogP contribution in [0, 0.1) is 0 Å². The van der Waals surface area contributed by atoms with Crippen LogP contribution in [0.2, 0.25) is 0 Å². The number of carbonyl (C=O) groups excluding carboxylic acids is 1. The van der Waals surface area contributed by atoms with E-state index in [9.17, 15) is 9.90 Å². The molecule has 3 heteroatoms. The first kappa shape index (κ1) is 8.10. The van der Waals surface area contributed by atoms with Crippen molar-refractivity contribution in [3.05, 3.63) is 23.8 Å². The van der Waals surface area contributed by atoms with Gasteiger partial charge in [0.15, 0.2) is 0 Å². The molecule has 0 saturated carbocycles. The molecule has 1 atom stereocenters. The van der Waals surface area contributed by atoms with Gasteiger partial charge in [-0.2, -0.15) is 0 Å². The van der Waals surface area contributed by atoms with Gasteiger partial charge in [-0.05, 0) is 30.2 Å². The number of anilines is 1. The molecule has 2 rings (SSSR count). The maximum Gasteiger partial charge on any atom is 0.231 e. The van der Waals surface area contributed by atoms with E-state index < -0.39 is 0 Å². The van der Waals surface area contributed by atoms with E-state index in [4.69, 9.17) is 0 Å². The van der Waals surface area contributed by atoms with Crippen molar-refractivity contribution in [2.75, 3.05) is 5.32 Å². The summed E-state index contributed by atoms with van der Waals surface area (Å²) in [5.41, 5.74) is 1.74. The number of nitrogens with one attached hydrogen (secondary N) is 1. The smallest absolute Gasteiger partial charge is 0.231 e. The zero-order chi connectivity index (χ0) is 9.42.